The van der Waals surface area contributed by atoms with Crippen LogP contribution in [0.2, 0.25) is 0 Å². The van der Waals surface area contributed by atoms with Gasteiger partial charge in [0.15, 0.2) is 11.1 Å². The van der Waals surface area contributed by atoms with Crippen LogP contribution >= 0.6 is 0 Å². The molecule has 0 bridgehead atoms. The molecular formula is C13H19NO3S. The van der Waals surface area contributed by atoms with Gasteiger partial charge in [0.2, 0.25) is 0 Å². The third-order valence-corrected chi connectivity index (χ3v) is 3.98. The summed E-state index contributed by atoms with van der Waals surface area (Å²) in [5, 5.41) is 3.25. The fraction of sp³-hybridized carbons (Fsp3) is 0.538. The number of hydrogen-bond acceptors (Lipinski definition) is 3. The molecule has 1 saturated heterocycles. The van der Waals surface area contributed by atoms with E-state index < -0.39 is 16.7 Å². The van der Waals surface area contributed by atoms with Crippen LogP contribution in [-0.4, -0.2) is 33.2 Å². The van der Waals surface area contributed by atoms with Crippen LogP contribution in [0.1, 0.15) is 18.4 Å². The summed E-state index contributed by atoms with van der Waals surface area (Å²) in [6, 6.07) is 9.90. The summed E-state index contributed by atoms with van der Waals surface area (Å²) in [5.74, 6) is 0.173. The molecular weight excluding hydrogens is 250 g/mol. The quantitative estimate of drug-likeness (QED) is 0.796. The first-order chi connectivity index (χ1) is 8.70. The zero-order chi connectivity index (χ0) is 12.8. The Bertz CT molecular complexity index is 390. The lowest BCUT2D eigenvalue weighted by atomic mass is 9.96. The molecule has 1 aromatic carbocycles. The number of rotatable bonds is 5. The van der Waals surface area contributed by atoms with Crippen LogP contribution in [-0.2, 0) is 22.4 Å². The van der Waals surface area contributed by atoms with Crippen LogP contribution in [0.5, 0.6) is 0 Å². The molecule has 2 N–H and O–H groups in total. The number of nitrogens with one attached hydrogen (secondary N) is 1. The zero-order valence-corrected chi connectivity index (χ0v) is 11.1. The lowest BCUT2D eigenvalue weighted by Crippen LogP contribution is -2.51. The van der Waals surface area contributed by atoms with Crippen molar-refractivity contribution in [1.82, 2.24) is 5.32 Å². The maximum absolute atomic E-state index is 11.1. The summed E-state index contributed by atoms with van der Waals surface area (Å²) >= 11 is -1.83. The SMILES string of the molecule is O=S(O)CC1(OCc2ccccc2)CCCNC1. The van der Waals surface area contributed by atoms with Gasteiger partial charge in [-0.05, 0) is 24.9 Å². The van der Waals surface area contributed by atoms with Crippen molar-refractivity contribution in [3.8, 4) is 0 Å². The highest BCUT2D eigenvalue weighted by Crippen LogP contribution is 2.23. The summed E-state index contributed by atoms with van der Waals surface area (Å²) in [7, 11) is 0. The van der Waals surface area contributed by atoms with Gasteiger partial charge in [-0.25, -0.2) is 4.21 Å². The maximum atomic E-state index is 11.1. The second kappa shape index (κ2) is 6.43. The van der Waals surface area contributed by atoms with Crippen molar-refractivity contribution in [2.45, 2.75) is 25.0 Å². The van der Waals surface area contributed by atoms with E-state index in [1.54, 1.807) is 0 Å². The van der Waals surface area contributed by atoms with Crippen molar-refractivity contribution in [2.24, 2.45) is 0 Å². The molecule has 18 heavy (non-hydrogen) atoms. The molecule has 2 atom stereocenters. The summed E-state index contributed by atoms with van der Waals surface area (Å²) < 4.78 is 26.2. The van der Waals surface area contributed by atoms with Crippen molar-refractivity contribution in [3.05, 3.63) is 35.9 Å². The van der Waals surface area contributed by atoms with Gasteiger partial charge >= 0.3 is 0 Å². The highest BCUT2D eigenvalue weighted by molar-refractivity contribution is 7.79. The lowest BCUT2D eigenvalue weighted by molar-refractivity contribution is -0.0545. The highest BCUT2D eigenvalue weighted by Gasteiger charge is 2.34. The zero-order valence-electron chi connectivity index (χ0n) is 10.3. The fourth-order valence-electron chi connectivity index (χ4n) is 2.26. The summed E-state index contributed by atoms with van der Waals surface area (Å²) in [6.45, 7) is 2.08. The number of hydrogen-bond donors (Lipinski definition) is 2. The van der Waals surface area contributed by atoms with E-state index in [-0.39, 0.29) is 5.75 Å². The molecule has 1 aliphatic rings. The third kappa shape index (κ3) is 3.88. The van der Waals surface area contributed by atoms with Crippen molar-refractivity contribution >= 4 is 11.1 Å². The largest absolute Gasteiger partial charge is 0.368 e. The molecule has 0 saturated carbocycles. The molecule has 1 aromatic rings. The fourth-order valence-corrected chi connectivity index (χ4v) is 3.04. The molecule has 0 radical (unpaired) electrons. The predicted octanol–water partition coefficient (Wildman–Crippen LogP) is 1.55. The van der Waals surface area contributed by atoms with Crippen molar-refractivity contribution < 1.29 is 13.5 Å². The topological polar surface area (TPSA) is 58.6 Å². The normalized spacial score (nSPS) is 25.8. The smallest absolute Gasteiger partial charge is 0.155 e. The molecule has 2 rings (SSSR count). The van der Waals surface area contributed by atoms with Crippen molar-refractivity contribution in [3.63, 3.8) is 0 Å². The van der Waals surface area contributed by atoms with Gasteiger partial charge in [0.25, 0.3) is 0 Å². The highest BCUT2D eigenvalue weighted by atomic mass is 32.2. The first-order valence-corrected chi connectivity index (χ1v) is 7.44. The monoisotopic (exact) mass is 269 g/mol. The molecule has 0 spiro atoms. The Balaban J connectivity index is 1.99. The number of ether oxygens (including phenoxy) is 1. The Morgan fingerprint density at radius 3 is 2.78 bits per heavy atom. The van der Waals surface area contributed by atoms with Crippen LogP contribution in [0.4, 0.5) is 0 Å². The predicted molar refractivity (Wildman–Crippen MR) is 71.7 cm³/mol. The molecule has 0 amide bonds. The van der Waals surface area contributed by atoms with Crippen molar-refractivity contribution in [2.75, 3.05) is 18.8 Å². The second-order valence-electron chi connectivity index (χ2n) is 4.70. The molecule has 0 aromatic heterocycles. The molecule has 1 aliphatic heterocycles. The first-order valence-electron chi connectivity index (χ1n) is 6.16. The summed E-state index contributed by atoms with van der Waals surface area (Å²) in [4.78, 5) is 0. The standard InChI is InChI=1S/C13H19NO3S/c15-18(16)11-13(7-4-8-14-10-13)17-9-12-5-2-1-3-6-12/h1-3,5-6,14H,4,7-11H2,(H,15,16). The van der Waals surface area contributed by atoms with E-state index in [4.69, 9.17) is 9.29 Å². The van der Waals surface area contributed by atoms with E-state index in [1.807, 2.05) is 30.3 Å². The average Bonchev–Trinajstić information content (AvgIpc) is 2.38. The minimum absolute atomic E-state index is 0.173. The Hall–Kier alpha value is -0.750. The van der Waals surface area contributed by atoms with Gasteiger partial charge in [0, 0.05) is 6.54 Å². The van der Waals surface area contributed by atoms with Crippen molar-refractivity contribution in [1.29, 1.82) is 0 Å². The molecule has 5 heteroatoms. The Kier molecular flexibility index (Phi) is 4.88. The second-order valence-corrected chi connectivity index (χ2v) is 5.64. The van der Waals surface area contributed by atoms with Crippen LogP contribution in [0.3, 0.4) is 0 Å². The molecule has 0 aliphatic carbocycles. The first kappa shape index (κ1) is 13.7. The van der Waals surface area contributed by atoms with E-state index in [9.17, 15) is 4.21 Å². The van der Waals surface area contributed by atoms with E-state index in [0.717, 1.165) is 24.9 Å². The van der Waals surface area contributed by atoms with Crippen LogP contribution in [0, 0.1) is 0 Å². The van der Waals surface area contributed by atoms with E-state index in [1.165, 1.54) is 0 Å². The molecule has 4 nitrogen and oxygen atoms in total. The minimum atomic E-state index is -1.83. The van der Waals surface area contributed by atoms with Gasteiger partial charge in [0.05, 0.1) is 18.0 Å². The van der Waals surface area contributed by atoms with Crippen LogP contribution in [0.15, 0.2) is 30.3 Å². The van der Waals surface area contributed by atoms with Gasteiger partial charge in [-0.1, -0.05) is 30.3 Å². The van der Waals surface area contributed by atoms with E-state index in [2.05, 4.69) is 5.32 Å². The van der Waals surface area contributed by atoms with Gasteiger partial charge in [0.1, 0.15) is 0 Å². The maximum Gasteiger partial charge on any atom is 0.155 e. The molecule has 1 heterocycles. The Morgan fingerprint density at radius 2 is 2.17 bits per heavy atom. The molecule has 100 valence electrons. The third-order valence-electron chi connectivity index (χ3n) is 3.21. The Labute approximate surface area is 110 Å². The van der Waals surface area contributed by atoms with Crippen LogP contribution in [0.25, 0.3) is 0 Å². The summed E-state index contributed by atoms with van der Waals surface area (Å²) in [6.07, 6.45) is 1.81. The lowest BCUT2D eigenvalue weighted by Gasteiger charge is -2.36. The molecule has 2 unspecified atom stereocenters. The van der Waals surface area contributed by atoms with Crippen LogP contribution < -0.4 is 5.32 Å². The van der Waals surface area contributed by atoms with Gasteiger partial charge in [-0.15, -0.1) is 0 Å². The summed E-state index contributed by atoms with van der Waals surface area (Å²) in [5.41, 5.74) is 0.583. The average molecular weight is 269 g/mol. The Morgan fingerprint density at radius 1 is 1.39 bits per heavy atom. The van der Waals surface area contributed by atoms with E-state index >= 15 is 0 Å². The number of benzene rings is 1. The minimum Gasteiger partial charge on any atom is -0.368 e. The van der Waals surface area contributed by atoms with Gasteiger partial charge in [-0.3, -0.25) is 0 Å². The number of piperidine rings is 1. The molecule has 1 fully saturated rings. The van der Waals surface area contributed by atoms with Gasteiger partial charge < -0.3 is 14.6 Å². The van der Waals surface area contributed by atoms with E-state index in [0.29, 0.717) is 13.2 Å². The van der Waals surface area contributed by atoms with Gasteiger partial charge in [-0.2, -0.15) is 0 Å².